The van der Waals surface area contributed by atoms with Crippen LogP contribution in [0.1, 0.15) is 33.2 Å². The molecule has 1 amide bonds. The number of esters is 1. The van der Waals surface area contributed by atoms with E-state index < -0.39 is 11.9 Å². The Kier molecular flexibility index (Phi) is 12.5. The smallest absolute Gasteiger partial charge is 0.545 e. The summed E-state index contributed by atoms with van der Waals surface area (Å²) in [7, 11) is 0. The van der Waals surface area contributed by atoms with Gasteiger partial charge >= 0.3 is 35.5 Å². The number of aromatic hydroxyl groups is 1. The molecule has 4 rings (SSSR count). The van der Waals surface area contributed by atoms with Crippen molar-refractivity contribution in [1.29, 1.82) is 0 Å². The van der Waals surface area contributed by atoms with E-state index in [0.29, 0.717) is 32.9 Å². The molecule has 0 unspecified atom stereocenters. The van der Waals surface area contributed by atoms with E-state index in [2.05, 4.69) is 10.6 Å². The van der Waals surface area contributed by atoms with Crippen LogP contribution in [-0.4, -0.2) is 23.0 Å². The average Bonchev–Trinajstić information content (AvgIpc) is 2.90. The molecule has 200 valence electrons. The summed E-state index contributed by atoms with van der Waals surface area (Å²) in [6.07, 6.45) is 0. The third kappa shape index (κ3) is 9.01. The Morgan fingerprint density at radius 3 is 2.05 bits per heavy atom. The van der Waals surface area contributed by atoms with Gasteiger partial charge in [-0.05, 0) is 61.0 Å². The molecule has 0 saturated carbocycles. The Labute approximate surface area is 263 Å². The summed E-state index contributed by atoms with van der Waals surface area (Å²) < 4.78 is 5.13. The first-order valence-corrected chi connectivity index (χ1v) is 12.2. The molecule has 40 heavy (non-hydrogen) atoms. The predicted molar refractivity (Wildman–Crippen MR) is 149 cm³/mol. The number of aromatic carboxylic acids is 1. The van der Waals surface area contributed by atoms with E-state index in [9.17, 15) is 24.6 Å². The molecule has 0 fully saturated rings. The molecular formula is C29H23Cl2N2NaO6. The summed E-state index contributed by atoms with van der Waals surface area (Å²) in [5, 5.41) is 27.0. The predicted octanol–water partition coefficient (Wildman–Crippen LogP) is 2.98. The fourth-order valence-corrected chi connectivity index (χ4v) is 3.76. The summed E-state index contributed by atoms with van der Waals surface area (Å²) in [5.74, 6) is -1.89. The number of anilines is 3. The number of phenolic OH excluding ortho intramolecular Hbond substituents is 1. The van der Waals surface area contributed by atoms with Crippen molar-refractivity contribution in [2.75, 3.05) is 10.6 Å². The number of phenols is 1. The van der Waals surface area contributed by atoms with E-state index in [1.165, 1.54) is 25.1 Å². The van der Waals surface area contributed by atoms with E-state index in [0.717, 1.165) is 5.56 Å². The number of carboxylic acids is 1. The van der Waals surface area contributed by atoms with Crippen LogP contribution in [0.4, 0.5) is 17.1 Å². The van der Waals surface area contributed by atoms with Crippen LogP contribution in [0.2, 0.25) is 10.0 Å². The molecule has 0 heterocycles. The van der Waals surface area contributed by atoms with E-state index in [1.54, 1.807) is 66.7 Å². The fourth-order valence-electron chi connectivity index (χ4n) is 3.29. The molecule has 0 spiro atoms. The minimum atomic E-state index is -1.26. The molecule has 3 N–H and O–H groups in total. The van der Waals surface area contributed by atoms with Gasteiger partial charge in [-0.2, -0.15) is 0 Å². The van der Waals surface area contributed by atoms with Gasteiger partial charge in [-0.1, -0.05) is 59.6 Å². The van der Waals surface area contributed by atoms with Crippen molar-refractivity contribution in [2.45, 2.75) is 13.8 Å². The molecule has 0 atom stereocenters. The molecule has 0 radical (unpaired) electrons. The van der Waals surface area contributed by atoms with Crippen molar-refractivity contribution >= 4 is 58.1 Å². The van der Waals surface area contributed by atoms with Gasteiger partial charge in [-0.25, -0.2) is 4.79 Å². The number of carbonyl (C=O) groups is 3. The number of hydrogen-bond acceptors (Lipinski definition) is 7. The van der Waals surface area contributed by atoms with Crippen LogP contribution in [0.3, 0.4) is 0 Å². The Hall–Kier alpha value is -3.53. The number of aryl methyl sites for hydroxylation is 1. The summed E-state index contributed by atoms with van der Waals surface area (Å²) in [6, 6.07) is 22.4. The van der Waals surface area contributed by atoms with Crippen molar-refractivity contribution in [1.82, 2.24) is 0 Å². The van der Waals surface area contributed by atoms with E-state index in [-0.39, 0.29) is 52.3 Å². The molecular weight excluding hydrogens is 566 g/mol. The van der Waals surface area contributed by atoms with Crippen molar-refractivity contribution in [2.24, 2.45) is 0 Å². The van der Waals surface area contributed by atoms with Gasteiger partial charge in [0.1, 0.15) is 17.1 Å². The second kappa shape index (κ2) is 15.3. The number of carboxylic acid groups (broad SMARTS) is 1. The molecule has 0 aliphatic rings. The van der Waals surface area contributed by atoms with Gasteiger partial charge in [-0.3, -0.25) is 4.79 Å². The number of benzene rings is 4. The average molecular weight is 589 g/mol. The largest absolute Gasteiger partial charge is 1.00 e. The number of nitrogens with one attached hydrogen (secondary N) is 2. The number of halogens is 2. The maximum Gasteiger partial charge on any atom is 1.00 e. The zero-order chi connectivity index (χ0) is 28.5. The summed E-state index contributed by atoms with van der Waals surface area (Å²) in [5.41, 5.74) is 2.47. The minimum absolute atomic E-state index is 0. The summed E-state index contributed by atoms with van der Waals surface area (Å²) in [4.78, 5) is 33.8. The molecule has 8 nitrogen and oxygen atoms in total. The standard InChI is InChI=1S/C15H13NO4.C14H11Cl2NO2.Na/c1-10(17)16-11-6-8-12(9-7-11)20-15(19)13-4-2-3-5-14(13)18;1-8-6-7-10(15)13(12(8)16)17-11-5-3-2-4-9(11)14(18)19;/h2-9,18H,1H3,(H,16,17);2-7,17H,1H3,(H,18,19);/q;;+1/p-1. The molecule has 11 heteroatoms. The van der Waals surface area contributed by atoms with Gasteiger partial charge in [0.05, 0.1) is 21.7 Å². The molecule has 0 saturated heterocycles. The topological polar surface area (TPSA) is 128 Å². The van der Waals surface area contributed by atoms with Crippen LogP contribution >= 0.6 is 23.2 Å². The molecule has 0 aliphatic heterocycles. The minimum Gasteiger partial charge on any atom is -0.545 e. The molecule has 4 aromatic carbocycles. The SMILES string of the molecule is CC(=O)Nc1ccc(OC(=O)c2ccccc2O)cc1.Cc1ccc(Cl)c(Nc2ccccc2C(=O)[O-])c1Cl.[Na+]. The number of ether oxygens (including phenoxy) is 1. The number of rotatable bonds is 6. The maximum absolute atomic E-state index is 11.8. The van der Waals surface area contributed by atoms with Gasteiger partial charge in [0.15, 0.2) is 0 Å². The quantitative estimate of drug-likeness (QED) is 0.179. The number of amides is 1. The number of carbonyl (C=O) groups excluding carboxylic acids is 3. The first-order chi connectivity index (χ1) is 18.6. The van der Waals surface area contributed by atoms with Crippen LogP contribution in [0.5, 0.6) is 11.5 Å². The van der Waals surface area contributed by atoms with Gasteiger partial charge in [-0.15, -0.1) is 0 Å². The van der Waals surface area contributed by atoms with Crippen LogP contribution in [-0.2, 0) is 4.79 Å². The third-order valence-electron chi connectivity index (χ3n) is 5.20. The zero-order valence-electron chi connectivity index (χ0n) is 21.8. The fraction of sp³-hybridized carbons (Fsp3) is 0.0690. The van der Waals surface area contributed by atoms with Crippen molar-refractivity contribution in [3.05, 3.63) is 112 Å². The van der Waals surface area contributed by atoms with Gasteiger partial charge in [0.2, 0.25) is 5.91 Å². The van der Waals surface area contributed by atoms with Crippen LogP contribution in [0, 0.1) is 6.92 Å². The Bertz CT molecular complexity index is 1510. The van der Waals surface area contributed by atoms with Crippen molar-refractivity contribution < 1.29 is 58.9 Å². The number of hydrogen-bond donors (Lipinski definition) is 3. The first-order valence-electron chi connectivity index (χ1n) is 11.5. The van der Waals surface area contributed by atoms with E-state index in [4.69, 9.17) is 27.9 Å². The van der Waals surface area contributed by atoms with Crippen LogP contribution in [0.15, 0.2) is 84.9 Å². The summed E-state index contributed by atoms with van der Waals surface area (Å²) >= 11 is 12.2. The van der Waals surface area contributed by atoms with Crippen molar-refractivity contribution in [3.63, 3.8) is 0 Å². The third-order valence-corrected chi connectivity index (χ3v) is 6.00. The normalized spacial score (nSPS) is 9.80. The molecule has 0 aliphatic carbocycles. The van der Waals surface area contributed by atoms with Crippen LogP contribution in [0.25, 0.3) is 0 Å². The van der Waals surface area contributed by atoms with Crippen LogP contribution < -0.4 is 50.0 Å². The summed E-state index contributed by atoms with van der Waals surface area (Å²) in [6.45, 7) is 3.25. The zero-order valence-corrected chi connectivity index (χ0v) is 25.3. The second-order valence-electron chi connectivity index (χ2n) is 8.12. The molecule has 4 aromatic rings. The Morgan fingerprint density at radius 1 is 0.850 bits per heavy atom. The second-order valence-corrected chi connectivity index (χ2v) is 8.91. The maximum atomic E-state index is 11.8. The van der Waals surface area contributed by atoms with Gasteiger partial charge in [0.25, 0.3) is 0 Å². The molecule has 0 bridgehead atoms. The van der Waals surface area contributed by atoms with E-state index in [1.807, 2.05) is 6.92 Å². The van der Waals surface area contributed by atoms with Crippen molar-refractivity contribution in [3.8, 4) is 11.5 Å². The monoisotopic (exact) mass is 588 g/mol. The van der Waals surface area contributed by atoms with Gasteiger partial charge in [0, 0.05) is 23.9 Å². The first kappa shape index (κ1) is 32.7. The Balaban J connectivity index is 0.000000274. The molecule has 0 aromatic heterocycles. The number of para-hydroxylation sites is 2. The Morgan fingerprint density at radius 2 is 1.45 bits per heavy atom. The van der Waals surface area contributed by atoms with Gasteiger partial charge < -0.3 is 30.4 Å². The van der Waals surface area contributed by atoms with E-state index >= 15 is 0 Å².